The molecule has 0 aliphatic carbocycles. The van der Waals surface area contributed by atoms with Crippen LogP contribution in [0.25, 0.3) is 0 Å². The van der Waals surface area contributed by atoms with Gasteiger partial charge in [0.15, 0.2) is 5.96 Å². The SMILES string of the molecule is CCCNC(=O)CNC(=NC)NCC(CC(C)C)N1CCOCC1. The first kappa shape index (κ1) is 20.7. The molecule has 1 rings (SSSR count). The first-order valence-electron chi connectivity index (χ1n) is 9.09. The minimum Gasteiger partial charge on any atom is -0.379 e. The molecular weight excluding hydrogens is 306 g/mol. The van der Waals surface area contributed by atoms with Gasteiger partial charge in [0.1, 0.15) is 0 Å². The highest BCUT2D eigenvalue weighted by Crippen LogP contribution is 2.12. The summed E-state index contributed by atoms with van der Waals surface area (Å²) in [6.07, 6.45) is 2.07. The molecule has 0 bridgehead atoms. The molecule has 0 aromatic heterocycles. The summed E-state index contributed by atoms with van der Waals surface area (Å²) >= 11 is 0. The summed E-state index contributed by atoms with van der Waals surface area (Å²) in [4.78, 5) is 18.4. The van der Waals surface area contributed by atoms with E-state index in [1.807, 2.05) is 6.92 Å². The van der Waals surface area contributed by atoms with Gasteiger partial charge in [-0.05, 0) is 18.8 Å². The van der Waals surface area contributed by atoms with Crippen molar-refractivity contribution in [2.24, 2.45) is 10.9 Å². The summed E-state index contributed by atoms with van der Waals surface area (Å²) in [6.45, 7) is 11.9. The molecule has 1 fully saturated rings. The highest BCUT2D eigenvalue weighted by molar-refractivity contribution is 5.86. The van der Waals surface area contributed by atoms with Crippen molar-refractivity contribution in [3.63, 3.8) is 0 Å². The second-order valence-corrected chi connectivity index (χ2v) is 6.59. The Labute approximate surface area is 146 Å². The van der Waals surface area contributed by atoms with E-state index in [1.165, 1.54) is 0 Å². The monoisotopic (exact) mass is 341 g/mol. The molecule has 7 heteroatoms. The van der Waals surface area contributed by atoms with Gasteiger partial charge in [0.2, 0.25) is 5.91 Å². The van der Waals surface area contributed by atoms with E-state index in [0.29, 0.717) is 24.5 Å². The van der Waals surface area contributed by atoms with Crippen LogP contribution in [0, 0.1) is 5.92 Å². The number of carbonyl (C=O) groups excluding carboxylic acids is 1. The third kappa shape index (κ3) is 8.49. The Morgan fingerprint density at radius 2 is 1.92 bits per heavy atom. The number of hydrogen-bond acceptors (Lipinski definition) is 4. The van der Waals surface area contributed by atoms with Gasteiger partial charge >= 0.3 is 0 Å². The zero-order valence-corrected chi connectivity index (χ0v) is 15.7. The molecule has 140 valence electrons. The van der Waals surface area contributed by atoms with Crippen LogP contribution in [0.15, 0.2) is 4.99 Å². The van der Waals surface area contributed by atoms with E-state index >= 15 is 0 Å². The number of aliphatic imine (C=N–C) groups is 1. The topological polar surface area (TPSA) is 78.0 Å². The molecule has 0 radical (unpaired) electrons. The lowest BCUT2D eigenvalue weighted by Gasteiger charge is -2.35. The summed E-state index contributed by atoms with van der Waals surface area (Å²) in [6, 6.07) is 0.446. The fourth-order valence-corrected chi connectivity index (χ4v) is 2.77. The minimum atomic E-state index is -0.00768. The average molecular weight is 342 g/mol. The molecular formula is C17H35N5O2. The third-order valence-corrected chi connectivity index (χ3v) is 4.02. The summed E-state index contributed by atoms with van der Waals surface area (Å²) in [7, 11) is 1.73. The second kappa shape index (κ2) is 12.1. The summed E-state index contributed by atoms with van der Waals surface area (Å²) in [5.41, 5.74) is 0. The van der Waals surface area contributed by atoms with E-state index in [4.69, 9.17) is 4.74 Å². The van der Waals surface area contributed by atoms with Gasteiger partial charge in [-0.3, -0.25) is 14.7 Å². The van der Waals surface area contributed by atoms with Crippen LogP contribution in [0.4, 0.5) is 0 Å². The van der Waals surface area contributed by atoms with Gasteiger partial charge in [0, 0.05) is 39.3 Å². The first-order chi connectivity index (χ1) is 11.6. The zero-order chi connectivity index (χ0) is 17.8. The zero-order valence-electron chi connectivity index (χ0n) is 15.7. The molecule has 7 nitrogen and oxygen atoms in total. The second-order valence-electron chi connectivity index (χ2n) is 6.59. The average Bonchev–Trinajstić information content (AvgIpc) is 2.59. The molecule has 0 aromatic carbocycles. The van der Waals surface area contributed by atoms with Crippen molar-refractivity contribution in [2.75, 3.05) is 53.0 Å². The molecule has 3 N–H and O–H groups in total. The molecule has 1 atom stereocenters. The first-order valence-corrected chi connectivity index (χ1v) is 9.09. The number of rotatable bonds is 9. The van der Waals surface area contributed by atoms with Crippen LogP contribution in [-0.4, -0.2) is 75.8 Å². The maximum Gasteiger partial charge on any atom is 0.239 e. The number of guanidine groups is 1. The number of hydrogen-bond donors (Lipinski definition) is 3. The number of ether oxygens (including phenoxy) is 1. The quantitative estimate of drug-likeness (QED) is 0.419. The smallest absolute Gasteiger partial charge is 0.239 e. The lowest BCUT2D eigenvalue weighted by atomic mass is 10.0. The molecule has 24 heavy (non-hydrogen) atoms. The van der Waals surface area contributed by atoms with Crippen LogP contribution in [0.2, 0.25) is 0 Å². The van der Waals surface area contributed by atoms with E-state index in [1.54, 1.807) is 7.05 Å². The maximum absolute atomic E-state index is 11.7. The Morgan fingerprint density at radius 3 is 2.50 bits per heavy atom. The van der Waals surface area contributed by atoms with Gasteiger partial charge in [0.25, 0.3) is 0 Å². The molecule has 1 unspecified atom stereocenters. The van der Waals surface area contributed by atoms with Crippen LogP contribution in [0.5, 0.6) is 0 Å². The molecule has 1 aliphatic heterocycles. The molecule has 1 aliphatic rings. The highest BCUT2D eigenvalue weighted by atomic mass is 16.5. The van der Waals surface area contributed by atoms with E-state index in [2.05, 4.69) is 39.7 Å². The number of nitrogens with zero attached hydrogens (tertiary/aromatic N) is 2. The number of nitrogens with one attached hydrogen (secondary N) is 3. The van der Waals surface area contributed by atoms with Crippen LogP contribution in [0.3, 0.4) is 0 Å². The predicted octanol–water partition coefficient (Wildman–Crippen LogP) is 0.425. The van der Waals surface area contributed by atoms with Gasteiger partial charge in [0.05, 0.1) is 19.8 Å². The number of morpholine rings is 1. The third-order valence-electron chi connectivity index (χ3n) is 4.02. The Hall–Kier alpha value is -1.34. The Balaban J connectivity index is 2.42. The fourth-order valence-electron chi connectivity index (χ4n) is 2.77. The van der Waals surface area contributed by atoms with E-state index in [9.17, 15) is 4.79 Å². The van der Waals surface area contributed by atoms with Gasteiger partial charge in [-0.15, -0.1) is 0 Å². The summed E-state index contributed by atoms with van der Waals surface area (Å²) in [5.74, 6) is 1.30. The van der Waals surface area contributed by atoms with Crippen molar-refractivity contribution in [3.8, 4) is 0 Å². The summed E-state index contributed by atoms with van der Waals surface area (Å²) in [5, 5.41) is 9.28. The van der Waals surface area contributed by atoms with Crippen LogP contribution in [-0.2, 0) is 9.53 Å². The van der Waals surface area contributed by atoms with Crippen molar-refractivity contribution >= 4 is 11.9 Å². The van der Waals surface area contributed by atoms with Crippen molar-refractivity contribution in [1.29, 1.82) is 0 Å². The number of amides is 1. The Morgan fingerprint density at radius 1 is 1.21 bits per heavy atom. The lowest BCUT2D eigenvalue weighted by molar-refractivity contribution is -0.120. The minimum absolute atomic E-state index is 0.00768. The van der Waals surface area contributed by atoms with E-state index in [-0.39, 0.29) is 12.5 Å². The Bertz CT molecular complexity index is 381. The van der Waals surface area contributed by atoms with Crippen molar-refractivity contribution in [3.05, 3.63) is 0 Å². The maximum atomic E-state index is 11.7. The van der Waals surface area contributed by atoms with E-state index in [0.717, 1.165) is 45.7 Å². The van der Waals surface area contributed by atoms with E-state index < -0.39 is 0 Å². The standard InChI is InChI=1S/C17H35N5O2/c1-5-6-19-16(23)13-21-17(18-4)20-12-15(11-14(2)3)22-7-9-24-10-8-22/h14-15H,5-13H2,1-4H3,(H,19,23)(H2,18,20,21). The molecule has 1 amide bonds. The summed E-state index contributed by atoms with van der Waals surface area (Å²) < 4.78 is 5.46. The predicted molar refractivity (Wildman–Crippen MR) is 98.3 cm³/mol. The molecule has 1 heterocycles. The Kier molecular flexibility index (Phi) is 10.4. The molecule has 1 saturated heterocycles. The fraction of sp³-hybridized carbons (Fsp3) is 0.882. The van der Waals surface area contributed by atoms with Crippen molar-refractivity contribution in [1.82, 2.24) is 20.9 Å². The van der Waals surface area contributed by atoms with Crippen molar-refractivity contribution < 1.29 is 9.53 Å². The van der Waals surface area contributed by atoms with Crippen molar-refractivity contribution in [2.45, 2.75) is 39.7 Å². The lowest BCUT2D eigenvalue weighted by Crippen LogP contribution is -2.51. The van der Waals surface area contributed by atoms with Crippen LogP contribution < -0.4 is 16.0 Å². The molecule has 0 aromatic rings. The highest BCUT2D eigenvalue weighted by Gasteiger charge is 2.22. The van der Waals surface area contributed by atoms with Gasteiger partial charge < -0.3 is 20.7 Å². The molecule has 0 saturated carbocycles. The van der Waals surface area contributed by atoms with Gasteiger partial charge in [-0.1, -0.05) is 20.8 Å². The van der Waals surface area contributed by atoms with Gasteiger partial charge in [-0.25, -0.2) is 0 Å². The van der Waals surface area contributed by atoms with Crippen LogP contribution in [0.1, 0.15) is 33.6 Å². The van der Waals surface area contributed by atoms with Gasteiger partial charge in [-0.2, -0.15) is 0 Å². The largest absolute Gasteiger partial charge is 0.379 e. The molecule has 0 spiro atoms. The van der Waals surface area contributed by atoms with Crippen LogP contribution >= 0.6 is 0 Å². The number of carbonyl (C=O) groups is 1. The normalized spacial score (nSPS) is 17.6.